The van der Waals surface area contributed by atoms with Crippen molar-refractivity contribution in [1.82, 2.24) is 0 Å². The molecule has 0 aliphatic heterocycles. The number of aryl methyl sites for hydroxylation is 1. The van der Waals surface area contributed by atoms with Crippen LogP contribution in [0.1, 0.15) is 83.4 Å². The third-order valence-corrected chi connectivity index (χ3v) is 7.89. The third-order valence-electron chi connectivity index (χ3n) is 7.89. The number of benzene rings is 3. The van der Waals surface area contributed by atoms with E-state index >= 15 is 0 Å². The summed E-state index contributed by atoms with van der Waals surface area (Å²) in [5, 5.41) is 0. The van der Waals surface area contributed by atoms with Gasteiger partial charge in [0.15, 0.2) is 5.78 Å². The van der Waals surface area contributed by atoms with Crippen molar-refractivity contribution >= 4 is 17.4 Å². The predicted octanol–water partition coefficient (Wildman–Crippen LogP) is 8.27. The van der Waals surface area contributed by atoms with Crippen LogP contribution in [0.5, 0.6) is 0 Å². The van der Waals surface area contributed by atoms with Gasteiger partial charge in [0, 0.05) is 0 Å². The summed E-state index contributed by atoms with van der Waals surface area (Å²) in [6.07, 6.45) is 9.69. The van der Waals surface area contributed by atoms with Crippen molar-refractivity contribution in [1.29, 1.82) is 0 Å². The fraction of sp³-hybridized carbons (Fsp3) is 0.303. The molecular weight excluding hydrogens is 412 g/mol. The van der Waals surface area contributed by atoms with E-state index in [0.29, 0.717) is 5.92 Å². The van der Waals surface area contributed by atoms with Crippen LogP contribution in [-0.2, 0) is 11.2 Å². The first-order valence-electron chi connectivity index (χ1n) is 12.7. The lowest BCUT2D eigenvalue weighted by molar-refractivity contribution is -0.116. The molecule has 1 unspecified atom stereocenters. The van der Waals surface area contributed by atoms with Crippen LogP contribution in [0, 0.1) is 12.8 Å². The van der Waals surface area contributed by atoms with Crippen molar-refractivity contribution in [3.63, 3.8) is 0 Å². The normalized spacial score (nSPS) is 21.8. The fourth-order valence-electron chi connectivity index (χ4n) is 5.54. The summed E-state index contributed by atoms with van der Waals surface area (Å²) < 4.78 is 0. The zero-order valence-electron chi connectivity index (χ0n) is 20.4. The molecule has 3 aromatic carbocycles. The summed E-state index contributed by atoms with van der Waals surface area (Å²) in [4.78, 5) is 12.9. The topological polar surface area (TPSA) is 17.1 Å². The molecule has 0 radical (unpaired) electrons. The Morgan fingerprint density at radius 1 is 0.853 bits per heavy atom. The molecule has 0 N–H and O–H groups in total. The van der Waals surface area contributed by atoms with Crippen LogP contribution < -0.4 is 0 Å². The van der Waals surface area contributed by atoms with Gasteiger partial charge in [-0.3, -0.25) is 4.79 Å². The van der Waals surface area contributed by atoms with Gasteiger partial charge < -0.3 is 0 Å². The van der Waals surface area contributed by atoms with Gasteiger partial charge in [0.1, 0.15) is 0 Å². The number of rotatable bonds is 5. The molecule has 1 saturated carbocycles. The van der Waals surface area contributed by atoms with Gasteiger partial charge >= 0.3 is 0 Å². The molecule has 1 nitrogen and oxygen atoms in total. The maximum absolute atomic E-state index is 12.9. The van der Waals surface area contributed by atoms with Gasteiger partial charge in [-0.15, -0.1) is 0 Å². The van der Waals surface area contributed by atoms with E-state index in [-0.39, 0.29) is 11.7 Å². The molecular formula is C33H34O. The zero-order chi connectivity index (χ0) is 23.7. The van der Waals surface area contributed by atoms with Crippen LogP contribution >= 0.6 is 0 Å². The molecule has 1 fully saturated rings. The second kappa shape index (κ2) is 9.58. The Morgan fingerprint density at radius 2 is 1.53 bits per heavy atom. The van der Waals surface area contributed by atoms with Gasteiger partial charge in [0.2, 0.25) is 0 Å². The molecule has 0 amide bonds. The summed E-state index contributed by atoms with van der Waals surface area (Å²) in [5.74, 6) is 1.60. The Hall–Kier alpha value is -3.19. The van der Waals surface area contributed by atoms with Gasteiger partial charge in [-0.2, -0.15) is 0 Å². The molecule has 2 aliphatic rings. The molecule has 0 saturated heterocycles. The average molecular weight is 447 g/mol. The van der Waals surface area contributed by atoms with E-state index in [0.717, 1.165) is 40.2 Å². The lowest BCUT2D eigenvalue weighted by Crippen LogP contribution is -2.17. The molecule has 2 aliphatic carbocycles. The fourth-order valence-corrected chi connectivity index (χ4v) is 5.54. The van der Waals surface area contributed by atoms with Crippen molar-refractivity contribution < 1.29 is 4.79 Å². The largest absolute Gasteiger partial charge is 0.294 e. The molecule has 5 rings (SSSR count). The van der Waals surface area contributed by atoms with Crippen LogP contribution in [0.3, 0.4) is 0 Å². The van der Waals surface area contributed by atoms with E-state index in [4.69, 9.17) is 0 Å². The Bertz CT molecular complexity index is 1220. The first-order chi connectivity index (χ1) is 16.5. The average Bonchev–Trinajstić information content (AvgIpc) is 2.87. The third kappa shape index (κ3) is 4.71. The maximum atomic E-state index is 12.9. The minimum atomic E-state index is -0.147. The van der Waals surface area contributed by atoms with Crippen LogP contribution in [-0.4, -0.2) is 5.78 Å². The lowest BCUT2D eigenvalue weighted by Gasteiger charge is -2.26. The van der Waals surface area contributed by atoms with E-state index in [1.165, 1.54) is 42.4 Å². The SMILES string of the molecule is C=C(c1ccc(C2CCC(C)CC2)cc1)c1ccc2c(c1)C(Cc1ccc(C)cc1)C(=O)C=C2. The lowest BCUT2D eigenvalue weighted by atomic mass is 9.79. The molecule has 0 aromatic heterocycles. The zero-order valence-corrected chi connectivity index (χ0v) is 20.4. The summed E-state index contributed by atoms with van der Waals surface area (Å²) in [5.41, 5.74) is 9.40. The van der Waals surface area contributed by atoms with Crippen molar-refractivity contribution in [3.8, 4) is 0 Å². The molecule has 3 aromatic rings. The predicted molar refractivity (Wildman–Crippen MR) is 143 cm³/mol. The van der Waals surface area contributed by atoms with E-state index in [9.17, 15) is 4.79 Å². The number of carbonyl (C=O) groups excluding carboxylic acids is 1. The van der Waals surface area contributed by atoms with Gasteiger partial charge in [-0.1, -0.05) is 98.6 Å². The van der Waals surface area contributed by atoms with Gasteiger partial charge in [-0.25, -0.2) is 0 Å². The molecule has 1 atom stereocenters. The summed E-state index contributed by atoms with van der Waals surface area (Å²) in [6.45, 7) is 8.89. The van der Waals surface area contributed by atoms with E-state index < -0.39 is 0 Å². The van der Waals surface area contributed by atoms with Crippen molar-refractivity contribution in [2.75, 3.05) is 0 Å². The molecule has 0 heterocycles. The smallest absolute Gasteiger partial charge is 0.163 e. The highest BCUT2D eigenvalue weighted by Crippen LogP contribution is 2.37. The first-order valence-corrected chi connectivity index (χ1v) is 12.7. The Morgan fingerprint density at radius 3 is 2.24 bits per heavy atom. The van der Waals surface area contributed by atoms with Crippen LogP contribution in [0.2, 0.25) is 0 Å². The first kappa shape index (κ1) is 22.6. The molecule has 1 heteroatoms. The number of hydrogen-bond acceptors (Lipinski definition) is 1. The molecule has 172 valence electrons. The quantitative estimate of drug-likeness (QED) is 0.385. The number of carbonyl (C=O) groups is 1. The minimum Gasteiger partial charge on any atom is -0.294 e. The second-order valence-corrected chi connectivity index (χ2v) is 10.4. The second-order valence-electron chi connectivity index (χ2n) is 10.4. The monoisotopic (exact) mass is 446 g/mol. The maximum Gasteiger partial charge on any atom is 0.163 e. The van der Waals surface area contributed by atoms with Crippen molar-refractivity contribution in [3.05, 3.63) is 118 Å². The number of allylic oxidation sites excluding steroid dienone is 1. The summed E-state index contributed by atoms with van der Waals surface area (Å²) in [6, 6.07) is 24.0. The van der Waals surface area contributed by atoms with Crippen LogP contribution in [0.4, 0.5) is 0 Å². The van der Waals surface area contributed by atoms with E-state index in [2.05, 4.69) is 87.2 Å². The van der Waals surface area contributed by atoms with Gasteiger partial charge in [0.05, 0.1) is 5.92 Å². The van der Waals surface area contributed by atoms with Gasteiger partial charge in [0.25, 0.3) is 0 Å². The van der Waals surface area contributed by atoms with Crippen LogP contribution in [0.25, 0.3) is 11.6 Å². The Labute approximate surface area is 204 Å². The van der Waals surface area contributed by atoms with Crippen LogP contribution in [0.15, 0.2) is 79.4 Å². The number of hydrogen-bond donors (Lipinski definition) is 0. The summed E-state index contributed by atoms with van der Waals surface area (Å²) in [7, 11) is 0. The van der Waals surface area contributed by atoms with Crippen molar-refractivity contribution in [2.24, 2.45) is 5.92 Å². The summed E-state index contributed by atoms with van der Waals surface area (Å²) >= 11 is 0. The number of ketones is 1. The standard InChI is InChI=1S/C33H34O/c1-22-4-8-25(9-5-22)20-32-31-21-30(17-16-29(31)18-19-33(32)34)24(3)26-12-14-28(15-13-26)27-10-6-23(2)7-11-27/h4-5,8-9,12-19,21,23,27,32H,3,6-7,10-11,20H2,1-2H3. The highest BCUT2D eigenvalue weighted by atomic mass is 16.1. The number of fused-ring (bicyclic) bond motifs is 1. The molecule has 34 heavy (non-hydrogen) atoms. The Balaban J connectivity index is 1.38. The molecule has 0 spiro atoms. The van der Waals surface area contributed by atoms with Gasteiger partial charge in [-0.05, 0) is 89.1 Å². The van der Waals surface area contributed by atoms with Crippen molar-refractivity contribution in [2.45, 2.75) is 57.8 Å². The molecule has 0 bridgehead atoms. The van der Waals surface area contributed by atoms with E-state index in [1.54, 1.807) is 6.08 Å². The highest BCUT2D eigenvalue weighted by Gasteiger charge is 2.25. The highest BCUT2D eigenvalue weighted by molar-refractivity contribution is 6.02. The Kier molecular flexibility index (Phi) is 6.37. The minimum absolute atomic E-state index is 0.147. The van der Waals surface area contributed by atoms with E-state index in [1.807, 2.05) is 6.08 Å².